The first-order valence-corrected chi connectivity index (χ1v) is 4.88. The van der Waals surface area contributed by atoms with Crippen molar-refractivity contribution < 1.29 is 4.79 Å². The molecule has 0 aliphatic carbocycles. The summed E-state index contributed by atoms with van der Waals surface area (Å²) in [4.78, 5) is 14.9. The van der Waals surface area contributed by atoms with Crippen molar-refractivity contribution >= 4 is 27.9 Å². The summed E-state index contributed by atoms with van der Waals surface area (Å²) in [6, 6.07) is 0. The largest absolute Gasteiger partial charge is 0.302 e. The maximum atomic E-state index is 10.7. The van der Waals surface area contributed by atoms with Crippen molar-refractivity contribution in [3.63, 3.8) is 0 Å². The van der Waals surface area contributed by atoms with Crippen molar-refractivity contribution in [3.8, 4) is 0 Å². The van der Waals surface area contributed by atoms with Crippen LogP contribution in [0.25, 0.3) is 5.57 Å². The molecule has 0 spiro atoms. The van der Waals surface area contributed by atoms with Crippen LogP contribution >= 0.6 is 11.3 Å². The van der Waals surface area contributed by atoms with Gasteiger partial charge >= 0.3 is 0 Å². The standard InChI is InChI=1S/C9H12N2OS/c1-4-6(2)8-5-13-9(11-8)10-7(3)12/h4-5H,1-3H3,(H,10,11,12)/b6-4-. The molecule has 1 aromatic rings. The second kappa shape index (κ2) is 4.18. The first-order chi connectivity index (χ1) is 6.13. The molecule has 70 valence electrons. The molecule has 0 atom stereocenters. The van der Waals surface area contributed by atoms with Crippen LogP contribution in [0.4, 0.5) is 5.13 Å². The average Bonchev–Trinajstić information content (AvgIpc) is 2.50. The van der Waals surface area contributed by atoms with Gasteiger partial charge in [-0.25, -0.2) is 4.98 Å². The third kappa shape index (κ3) is 2.66. The molecule has 4 heteroatoms. The highest BCUT2D eigenvalue weighted by molar-refractivity contribution is 7.14. The maximum absolute atomic E-state index is 10.7. The Hall–Kier alpha value is -1.16. The predicted molar refractivity (Wildman–Crippen MR) is 55.7 cm³/mol. The molecule has 0 unspecified atom stereocenters. The minimum absolute atomic E-state index is 0.0842. The summed E-state index contributed by atoms with van der Waals surface area (Å²) >= 11 is 1.44. The highest BCUT2D eigenvalue weighted by Gasteiger charge is 2.03. The van der Waals surface area contributed by atoms with E-state index < -0.39 is 0 Å². The summed E-state index contributed by atoms with van der Waals surface area (Å²) in [5.41, 5.74) is 2.05. The number of nitrogens with one attached hydrogen (secondary N) is 1. The number of rotatable bonds is 2. The fourth-order valence-corrected chi connectivity index (χ4v) is 1.63. The van der Waals surface area contributed by atoms with Crippen molar-refractivity contribution in [2.24, 2.45) is 0 Å². The third-order valence-corrected chi connectivity index (χ3v) is 2.38. The van der Waals surface area contributed by atoms with Gasteiger partial charge in [0.25, 0.3) is 0 Å². The monoisotopic (exact) mass is 196 g/mol. The van der Waals surface area contributed by atoms with E-state index in [1.165, 1.54) is 18.3 Å². The van der Waals surface area contributed by atoms with Crippen LogP contribution in [-0.2, 0) is 4.79 Å². The van der Waals surface area contributed by atoms with Crippen molar-refractivity contribution in [1.82, 2.24) is 4.98 Å². The molecule has 1 amide bonds. The summed E-state index contributed by atoms with van der Waals surface area (Å²) in [5, 5.41) is 5.23. The van der Waals surface area contributed by atoms with Crippen molar-refractivity contribution in [1.29, 1.82) is 0 Å². The number of allylic oxidation sites excluding steroid dienone is 2. The molecule has 0 bridgehead atoms. The molecule has 13 heavy (non-hydrogen) atoms. The fourth-order valence-electron chi connectivity index (χ4n) is 0.811. The summed E-state index contributed by atoms with van der Waals surface area (Å²) < 4.78 is 0. The van der Waals surface area contributed by atoms with E-state index in [1.807, 2.05) is 25.3 Å². The molecule has 0 fully saturated rings. The highest BCUT2D eigenvalue weighted by Crippen LogP contribution is 2.20. The first-order valence-electron chi connectivity index (χ1n) is 4.00. The van der Waals surface area contributed by atoms with E-state index in [-0.39, 0.29) is 5.91 Å². The number of aromatic nitrogens is 1. The minimum atomic E-state index is -0.0842. The van der Waals surface area contributed by atoms with Crippen LogP contribution in [0, 0.1) is 0 Å². The summed E-state index contributed by atoms with van der Waals surface area (Å²) in [7, 11) is 0. The van der Waals surface area contributed by atoms with Crippen LogP contribution < -0.4 is 5.32 Å². The van der Waals surface area contributed by atoms with E-state index in [0.29, 0.717) is 5.13 Å². The summed E-state index contributed by atoms with van der Waals surface area (Å²) in [6.45, 7) is 5.43. The van der Waals surface area contributed by atoms with Gasteiger partial charge in [-0.3, -0.25) is 4.79 Å². The Morgan fingerprint density at radius 3 is 2.85 bits per heavy atom. The Bertz CT molecular complexity index is 341. The number of hydrogen-bond donors (Lipinski definition) is 1. The second-order valence-electron chi connectivity index (χ2n) is 2.69. The molecular weight excluding hydrogens is 184 g/mol. The van der Waals surface area contributed by atoms with E-state index in [4.69, 9.17) is 0 Å². The molecule has 3 nitrogen and oxygen atoms in total. The van der Waals surface area contributed by atoms with Gasteiger partial charge in [0.1, 0.15) is 0 Å². The van der Waals surface area contributed by atoms with E-state index in [1.54, 1.807) is 0 Å². The minimum Gasteiger partial charge on any atom is -0.302 e. The van der Waals surface area contributed by atoms with Crippen LogP contribution in [0.3, 0.4) is 0 Å². The zero-order chi connectivity index (χ0) is 9.84. The molecule has 0 aromatic carbocycles. The van der Waals surface area contributed by atoms with Crippen molar-refractivity contribution in [2.45, 2.75) is 20.8 Å². The molecular formula is C9H12N2OS. The molecule has 0 saturated carbocycles. The molecule has 0 aliphatic rings. The lowest BCUT2D eigenvalue weighted by molar-refractivity contribution is -0.114. The number of amides is 1. The highest BCUT2D eigenvalue weighted by atomic mass is 32.1. The van der Waals surface area contributed by atoms with Crippen molar-refractivity contribution in [2.75, 3.05) is 5.32 Å². The quantitative estimate of drug-likeness (QED) is 0.789. The predicted octanol–water partition coefficient (Wildman–Crippen LogP) is 2.52. The number of carbonyl (C=O) groups is 1. The van der Waals surface area contributed by atoms with Gasteiger partial charge in [-0.15, -0.1) is 11.3 Å². The van der Waals surface area contributed by atoms with Gasteiger partial charge in [-0.1, -0.05) is 6.08 Å². The molecule has 1 rings (SSSR count). The van der Waals surface area contributed by atoms with E-state index in [9.17, 15) is 4.79 Å². The second-order valence-corrected chi connectivity index (χ2v) is 3.55. The molecule has 1 heterocycles. The molecule has 0 aliphatic heterocycles. The Morgan fingerprint density at radius 1 is 1.62 bits per heavy atom. The topological polar surface area (TPSA) is 42.0 Å². The zero-order valence-electron chi connectivity index (χ0n) is 7.92. The smallest absolute Gasteiger partial charge is 0.223 e. The molecule has 0 saturated heterocycles. The average molecular weight is 196 g/mol. The van der Waals surface area contributed by atoms with E-state index >= 15 is 0 Å². The van der Waals surface area contributed by atoms with Crippen LogP contribution in [0.15, 0.2) is 11.5 Å². The number of anilines is 1. The van der Waals surface area contributed by atoms with Gasteiger partial charge < -0.3 is 5.32 Å². The van der Waals surface area contributed by atoms with Gasteiger partial charge in [0.2, 0.25) is 5.91 Å². The zero-order valence-corrected chi connectivity index (χ0v) is 8.73. The molecule has 0 radical (unpaired) electrons. The lowest BCUT2D eigenvalue weighted by Gasteiger charge is -1.94. The number of carbonyl (C=O) groups excluding carboxylic acids is 1. The lowest BCUT2D eigenvalue weighted by Crippen LogP contribution is -2.05. The number of thiazole rings is 1. The summed E-state index contributed by atoms with van der Waals surface area (Å²) in [5.74, 6) is -0.0842. The van der Waals surface area contributed by atoms with Crippen LogP contribution in [0.2, 0.25) is 0 Å². The normalized spacial score (nSPS) is 11.5. The van der Waals surface area contributed by atoms with Crippen LogP contribution in [-0.4, -0.2) is 10.9 Å². The van der Waals surface area contributed by atoms with Crippen LogP contribution in [0.5, 0.6) is 0 Å². The van der Waals surface area contributed by atoms with Crippen LogP contribution in [0.1, 0.15) is 26.5 Å². The maximum Gasteiger partial charge on any atom is 0.223 e. The van der Waals surface area contributed by atoms with E-state index in [2.05, 4.69) is 10.3 Å². The molecule has 1 N–H and O–H groups in total. The SMILES string of the molecule is C/C=C(/C)c1csc(NC(C)=O)n1. The number of nitrogens with zero attached hydrogens (tertiary/aromatic N) is 1. The fraction of sp³-hybridized carbons (Fsp3) is 0.333. The summed E-state index contributed by atoms with van der Waals surface area (Å²) in [6.07, 6.45) is 1.99. The Labute approximate surface area is 81.5 Å². The van der Waals surface area contributed by atoms with E-state index in [0.717, 1.165) is 11.3 Å². The Morgan fingerprint density at radius 2 is 2.31 bits per heavy atom. The Kier molecular flexibility index (Phi) is 3.19. The molecule has 1 aromatic heterocycles. The Balaban J connectivity index is 2.80. The van der Waals surface area contributed by atoms with Gasteiger partial charge in [0.15, 0.2) is 5.13 Å². The van der Waals surface area contributed by atoms with Gasteiger partial charge in [-0.05, 0) is 19.4 Å². The van der Waals surface area contributed by atoms with Gasteiger partial charge in [0.05, 0.1) is 5.69 Å². The third-order valence-electron chi connectivity index (χ3n) is 1.62. The lowest BCUT2D eigenvalue weighted by atomic mass is 10.2. The van der Waals surface area contributed by atoms with Gasteiger partial charge in [0, 0.05) is 12.3 Å². The van der Waals surface area contributed by atoms with Crippen molar-refractivity contribution in [3.05, 3.63) is 17.2 Å². The first kappa shape index (κ1) is 9.92. The number of hydrogen-bond acceptors (Lipinski definition) is 3. The van der Waals surface area contributed by atoms with Gasteiger partial charge in [-0.2, -0.15) is 0 Å².